The standard InChI is InChI=1S/C32H35ClN2O2S/c1-4-37-28-18-13-23(22-11-9-21(2)10-12-22)19-24(28)20-35(26-16-14-25(34-3)15-17-26)32(36)31-30(33)27-7-5-6-8-29(27)38-31/h5-13,18-19,25-26,34H,4,14-17,20H2,1-3H3. The van der Waals surface area contributed by atoms with Gasteiger partial charge in [-0.05, 0) is 75.9 Å². The third-order valence-corrected chi connectivity index (χ3v) is 9.29. The number of rotatable bonds is 8. The van der Waals surface area contributed by atoms with E-state index in [0.29, 0.717) is 29.1 Å². The zero-order valence-electron chi connectivity index (χ0n) is 22.3. The van der Waals surface area contributed by atoms with E-state index in [4.69, 9.17) is 16.3 Å². The lowest BCUT2D eigenvalue weighted by Gasteiger charge is -2.37. The highest BCUT2D eigenvalue weighted by molar-refractivity contribution is 7.21. The lowest BCUT2D eigenvalue weighted by atomic mass is 9.89. The topological polar surface area (TPSA) is 41.6 Å². The van der Waals surface area contributed by atoms with Crippen LogP contribution in [0.2, 0.25) is 5.02 Å². The lowest BCUT2D eigenvalue weighted by molar-refractivity contribution is 0.0604. The van der Waals surface area contributed by atoms with Crippen molar-refractivity contribution < 1.29 is 9.53 Å². The molecule has 1 fully saturated rings. The summed E-state index contributed by atoms with van der Waals surface area (Å²) in [6.07, 6.45) is 4.02. The third kappa shape index (κ3) is 5.61. The summed E-state index contributed by atoms with van der Waals surface area (Å²) in [6.45, 7) is 5.14. The number of halogens is 1. The van der Waals surface area contributed by atoms with Gasteiger partial charge in [-0.1, -0.05) is 65.7 Å². The van der Waals surface area contributed by atoms with Gasteiger partial charge >= 0.3 is 0 Å². The van der Waals surface area contributed by atoms with Crippen LogP contribution in [0.3, 0.4) is 0 Å². The first-order chi connectivity index (χ1) is 18.5. The Bertz CT molecular complexity index is 1410. The number of ether oxygens (including phenoxy) is 1. The molecule has 4 aromatic rings. The van der Waals surface area contributed by atoms with Crippen LogP contribution in [0.4, 0.5) is 0 Å². The maximum Gasteiger partial charge on any atom is 0.266 e. The second kappa shape index (κ2) is 11.9. The molecule has 1 N–H and O–H groups in total. The normalized spacial score (nSPS) is 17.5. The molecule has 1 saturated carbocycles. The van der Waals surface area contributed by atoms with E-state index in [1.165, 1.54) is 16.9 Å². The summed E-state index contributed by atoms with van der Waals surface area (Å²) in [7, 11) is 2.02. The van der Waals surface area contributed by atoms with Crippen molar-refractivity contribution in [1.29, 1.82) is 0 Å². The van der Waals surface area contributed by atoms with E-state index in [1.54, 1.807) is 0 Å². The van der Waals surface area contributed by atoms with Crippen LogP contribution in [0.1, 0.15) is 53.4 Å². The summed E-state index contributed by atoms with van der Waals surface area (Å²) < 4.78 is 7.09. The highest BCUT2D eigenvalue weighted by Gasteiger charge is 2.32. The molecule has 6 heteroatoms. The molecule has 1 aromatic heterocycles. The molecule has 0 saturated heterocycles. The van der Waals surface area contributed by atoms with Gasteiger partial charge in [-0.3, -0.25) is 4.79 Å². The number of fused-ring (bicyclic) bond motifs is 1. The minimum Gasteiger partial charge on any atom is -0.494 e. The Morgan fingerprint density at radius 2 is 1.74 bits per heavy atom. The van der Waals surface area contributed by atoms with Crippen LogP contribution in [0, 0.1) is 6.92 Å². The van der Waals surface area contributed by atoms with Crippen molar-refractivity contribution in [3.63, 3.8) is 0 Å². The SMILES string of the molecule is CCOc1ccc(-c2ccc(C)cc2)cc1CN(C(=O)c1sc2ccccc2c1Cl)C1CCC(NC)CC1. The van der Waals surface area contributed by atoms with Gasteiger partial charge in [0.1, 0.15) is 10.6 Å². The Morgan fingerprint density at radius 3 is 2.42 bits per heavy atom. The Labute approximate surface area is 234 Å². The van der Waals surface area contributed by atoms with Gasteiger partial charge in [-0.25, -0.2) is 0 Å². The van der Waals surface area contributed by atoms with Crippen LogP contribution >= 0.6 is 22.9 Å². The number of thiophene rings is 1. The summed E-state index contributed by atoms with van der Waals surface area (Å²) in [5.41, 5.74) is 4.52. The molecule has 1 aliphatic rings. The molecule has 0 atom stereocenters. The average molecular weight is 547 g/mol. The smallest absolute Gasteiger partial charge is 0.266 e. The number of aryl methyl sites for hydroxylation is 1. The van der Waals surface area contributed by atoms with Gasteiger partial charge in [-0.2, -0.15) is 0 Å². The van der Waals surface area contributed by atoms with E-state index in [2.05, 4.69) is 53.5 Å². The molecule has 3 aromatic carbocycles. The van der Waals surface area contributed by atoms with Crippen LogP contribution in [0.15, 0.2) is 66.7 Å². The van der Waals surface area contributed by atoms with E-state index in [-0.39, 0.29) is 11.9 Å². The molecule has 0 unspecified atom stereocenters. The van der Waals surface area contributed by atoms with Crippen LogP contribution < -0.4 is 10.1 Å². The Balaban J connectivity index is 1.53. The molecule has 0 spiro atoms. The number of nitrogens with zero attached hydrogens (tertiary/aromatic N) is 1. The third-order valence-electron chi connectivity index (χ3n) is 7.62. The quantitative estimate of drug-likeness (QED) is 0.243. The summed E-state index contributed by atoms with van der Waals surface area (Å²) in [4.78, 5) is 16.9. The number of carbonyl (C=O) groups is 1. The second-order valence-corrected chi connectivity index (χ2v) is 11.5. The monoisotopic (exact) mass is 546 g/mol. The molecule has 1 amide bonds. The van der Waals surface area contributed by atoms with Gasteiger partial charge in [0.25, 0.3) is 5.91 Å². The number of amides is 1. The molecule has 1 aliphatic carbocycles. The molecule has 4 nitrogen and oxygen atoms in total. The maximum absolute atomic E-state index is 14.2. The maximum atomic E-state index is 14.2. The summed E-state index contributed by atoms with van der Waals surface area (Å²) in [5, 5.41) is 4.91. The molecule has 198 valence electrons. The van der Waals surface area contributed by atoms with Gasteiger partial charge in [0.05, 0.1) is 11.6 Å². The first kappa shape index (κ1) is 26.7. The largest absolute Gasteiger partial charge is 0.494 e. The second-order valence-electron chi connectivity index (χ2n) is 10.1. The minimum atomic E-state index is 0.00675. The number of benzene rings is 3. The highest BCUT2D eigenvalue weighted by Crippen LogP contribution is 2.38. The fourth-order valence-electron chi connectivity index (χ4n) is 5.43. The zero-order valence-corrected chi connectivity index (χ0v) is 23.9. The minimum absolute atomic E-state index is 0.00675. The van der Waals surface area contributed by atoms with Crippen molar-refractivity contribution in [3.8, 4) is 16.9 Å². The average Bonchev–Trinajstić information content (AvgIpc) is 3.29. The number of carbonyl (C=O) groups excluding carboxylic acids is 1. The van der Waals surface area contributed by atoms with Crippen molar-refractivity contribution in [2.24, 2.45) is 0 Å². The molecule has 1 heterocycles. The first-order valence-electron chi connectivity index (χ1n) is 13.5. The van der Waals surface area contributed by atoms with Crippen LogP contribution in [-0.2, 0) is 6.54 Å². The molecule has 0 aliphatic heterocycles. The summed E-state index contributed by atoms with van der Waals surface area (Å²) in [6, 6.07) is 23.5. The Hall–Kier alpha value is -2.86. The summed E-state index contributed by atoms with van der Waals surface area (Å²) >= 11 is 8.30. The Morgan fingerprint density at radius 1 is 1.03 bits per heavy atom. The predicted octanol–water partition coefficient (Wildman–Crippen LogP) is 8.10. The number of hydrogen-bond donors (Lipinski definition) is 1. The van der Waals surface area contributed by atoms with Gasteiger partial charge in [0, 0.05) is 34.3 Å². The van der Waals surface area contributed by atoms with Crippen molar-refractivity contribution >= 4 is 38.9 Å². The van der Waals surface area contributed by atoms with Gasteiger partial charge in [0.2, 0.25) is 0 Å². The van der Waals surface area contributed by atoms with Gasteiger partial charge in [0.15, 0.2) is 0 Å². The highest BCUT2D eigenvalue weighted by atomic mass is 35.5. The van der Waals surface area contributed by atoms with Crippen LogP contribution in [0.5, 0.6) is 5.75 Å². The molecular weight excluding hydrogens is 512 g/mol. The predicted molar refractivity (Wildman–Crippen MR) is 160 cm³/mol. The van der Waals surface area contributed by atoms with E-state index in [0.717, 1.165) is 58.2 Å². The fraction of sp³-hybridized carbons (Fsp3) is 0.344. The van der Waals surface area contributed by atoms with Crippen molar-refractivity contribution in [1.82, 2.24) is 10.2 Å². The first-order valence-corrected chi connectivity index (χ1v) is 14.7. The molecular formula is C32H35ClN2O2S. The summed E-state index contributed by atoms with van der Waals surface area (Å²) in [5.74, 6) is 0.833. The molecule has 38 heavy (non-hydrogen) atoms. The van der Waals surface area contributed by atoms with Gasteiger partial charge < -0.3 is 15.0 Å². The van der Waals surface area contributed by atoms with Crippen LogP contribution in [0.25, 0.3) is 21.2 Å². The van der Waals surface area contributed by atoms with E-state index in [9.17, 15) is 4.79 Å². The van der Waals surface area contributed by atoms with E-state index >= 15 is 0 Å². The molecule has 0 bridgehead atoms. The Kier molecular flexibility index (Phi) is 8.37. The van der Waals surface area contributed by atoms with E-state index < -0.39 is 0 Å². The molecule has 0 radical (unpaired) electrons. The zero-order chi connectivity index (χ0) is 26.6. The van der Waals surface area contributed by atoms with Crippen molar-refractivity contribution in [2.45, 2.75) is 58.2 Å². The van der Waals surface area contributed by atoms with Crippen molar-refractivity contribution in [3.05, 3.63) is 87.8 Å². The number of hydrogen-bond acceptors (Lipinski definition) is 4. The fourth-order valence-corrected chi connectivity index (χ4v) is 6.90. The molecule has 5 rings (SSSR count). The lowest BCUT2D eigenvalue weighted by Crippen LogP contribution is -2.44. The van der Waals surface area contributed by atoms with Gasteiger partial charge in [-0.15, -0.1) is 11.3 Å². The van der Waals surface area contributed by atoms with E-state index in [1.807, 2.05) is 44.3 Å². The number of nitrogens with one attached hydrogen (secondary N) is 1. The van der Waals surface area contributed by atoms with Crippen molar-refractivity contribution in [2.75, 3.05) is 13.7 Å². The van der Waals surface area contributed by atoms with Crippen LogP contribution in [-0.4, -0.2) is 36.5 Å².